The molecule has 1 rings (SSSR count). The minimum absolute atomic E-state index is 0.117. The molecule has 2 heteroatoms. The Labute approximate surface area is 47.9 Å². The van der Waals surface area contributed by atoms with Gasteiger partial charge in [-0.3, -0.25) is 0 Å². The fourth-order valence-corrected chi connectivity index (χ4v) is 1.07. The maximum atomic E-state index is 12.2. The average Bonchev–Trinajstić information content (AvgIpc) is 1.66. The number of alkyl halides is 2. The van der Waals surface area contributed by atoms with Gasteiger partial charge in [0.2, 0.25) is 0 Å². The molecule has 0 aromatic carbocycles. The SMILES string of the molecule is CC[C@@H]1CCC1(F)F. The largest absolute Gasteiger partial charge is 0.250 e. The van der Waals surface area contributed by atoms with Crippen LogP contribution in [0, 0.1) is 5.92 Å². The van der Waals surface area contributed by atoms with Crippen molar-refractivity contribution < 1.29 is 8.78 Å². The number of halogens is 2. The van der Waals surface area contributed by atoms with Crippen LogP contribution < -0.4 is 0 Å². The van der Waals surface area contributed by atoms with Gasteiger partial charge in [0, 0.05) is 12.3 Å². The van der Waals surface area contributed by atoms with Gasteiger partial charge in [-0.05, 0) is 12.8 Å². The van der Waals surface area contributed by atoms with E-state index in [4.69, 9.17) is 0 Å². The molecule has 0 saturated heterocycles. The Hall–Kier alpha value is -0.140. The van der Waals surface area contributed by atoms with Gasteiger partial charge >= 0.3 is 0 Å². The first-order valence-corrected chi connectivity index (χ1v) is 3.04. The van der Waals surface area contributed by atoms with Crippen molar-refractivity contribution in [3.05, 3.63) is 0 Å². The second kappa shape index (κ2) is 1.67. The molecule has 1 saturated carbocycles. The summed E-state index contributed by atoms with van der Waals surface area (Å²) in [5.41, 5.74) is 0. The quantitative estimate of drug-likeness (QED) is 0.498. The lowest BCUT2D eigenvalue weighted by atomic mass is 9.79. The summed E-state index contributed by atoms with van der Waals surface area (Å²) in [5, 5.41) is 0. The maximum absolute atomic E-state index is 12.2. The van der Waals surface area contributed by atoms with E-state index in [0.717, 1.165) is 6.42 Å². The predicted molar refractivity (Wildman–Crippen MR) is 28.0 cm³/mol. The van der Waals surface area contributed by atoms with Crippen molar-refractivity contribution in [2.45, 2.75) is 32.1 Å². The van der Waals surface area contributed by atoms with Crippen LogP contribution in [-0.4, -0.2) is 5.92 Å². The van der Waals surface area contributed by atoms with Crippen LogP contribution in [0.5, 0.6) is 0 Å². The molecule has 1 aliphatic rings. The molecule has 0 N–H and O–H groups in total. The Morgan fingerprint density at radius 3 is 2.25 bits per heavy atom. The Kier molecular flexibility index (Phi) is 1.25. The van der Waals surface area contributed by atoms with E-state index in [-0.39, 0.29) is 12.3 Å². The standard InChI is InChI=1S/C6H10F2/c1-2-5-3-4-6(5,7)8/h5H,2-4H2,1H3/t5-/m1/s1. The van der Waals surface area contributed by atoms with E-state index in [0.29, 0.717) is 6.42 Å². The Morgan fingerprint density at radius 1 is 1.62 bits per heavy atom. The molecule has 0 aromatic heterocycles. The molecule has 8 heavy (non-hydrogen) atoms. The highest BCUT2D eigenvalue weighted by Gasteiger charge is 2.46. The van der Waals surface area contributed by atoms with Crippen molar-refractivity contribution in [3.63, 3.8) is 0 Å². The first-order valence-electron chi connectivity index (χ1n) is 3.04. The summed E-state index contributed by atoms with van der Waals surface area (Å²) in [6.07, 6.45) is 1.47. The van der Waals surface area contributed by atoms with Gasteiger partial charge < -0.3 is 0 Å². The Bertz CT molecular complexity index is 86.5. The highest BCUT2D eigenvalue weighted by molar-refractivity contribution is 4.86. The molecule has 0 bridgehead atoms. The molecule has 1 aliphatic carbocycles. The molecule has 48 valence electrons. The number of hydrogen-bond acceptors (Lipinski definition) is 0. The highest BCUT2D eigenvalue weighted by atomic mass is 19.3. The molecule has 0 amide bonds. The lowest BCUT2D eigenvalue weighted by Gasteiger charge is -2.35. The van der Waals surface area contributed by atoms with Gasteiger partial charge in [0.25, 0.3) is 5.92 Å². The zero-order valence-electron chi connectivity index (χ0n) is 4.95. The number of hydrogen-bond donors (Lipinski definition) is 0. The summed E-state index contributed by atoms with van der Waals surface area (Å²) in [5.74, 6) is -2.61. The third-order valence-corrected chi connectivity index (χ3v) is 1.92. The van der Waals surface area contributed by atoms with Crippen molar-refractivity contribution in [2.75, 3.05) is 0 Å². The van der Waals surface area contributed by atoms with E-state index in [1.54, 1.807) is 0 Å². The minimum Gasteiger partial charge on any atom is -0.207 e. The zero-order chi connectivity index (χ0) is 6.20. The van der Waals surface area contributed by atoms with E-state index in [9.17, 15) is 8.78 Å². The summed E-state index contributed by atoms with van der Waals surface area (Å²) < 4.78 is 24.4. The lowest BCUT2D eigenvalue weighted by Crippen LogP contribution is -2.37. The van der Waals surface area contributed by atoms with Crippen molar-refractivity contribution in [3.8, 4) is 0 Å². The number of rotatable bonds is 1. The molecule has 0 radical (unpaired) electrons. The van der Waals surface area contributed by atoms with Crippen LogP contribution in [0.2, 0.25) is 0 Å². The van der Waals surface area contributed by atoms with Crippen LogP contribution in [-0.2, 0) is 0 Å². The lowest BCUT2D eigenvalue weighted by molar-refractivity contribution is -0.132. The Balaban J connectivity index is 2.37. The van der Waals surface area contributed by atoms with Crippen molar-refractivity contribution >= 4 is 0 Å². The van der Waals surface area contributed by atoms with Gasteiger partial charge in [0.1, 0.15) is 0 Å². The molecule has 0 aliphatic heterocycles. The highest BCUT2D eigenvalue weighted by Crippen LogP contribution is 2.44. The molecule has 0 spiro atoms. The third kappa shape index (κ3) is 0.721. The van der Waals surface area contributed by atoms with Gasteiger partial charge in [-0.15, -0.1) is 0 Å². The summed E-state index contributed by atoms with van der Waals surface area (Å²) in [6.45, 7) is 1.82. The summed E-state index contributed by atoms with van der Waals surface area (Å²) in [4.78, 5) is 0. The summed E-state index contributed by atoms with van der Waals surface area (Å²) in [7, 11) is 0. The van der Waals surface area contributed by atoms with Gasteiger partial charge in [0.15, 0.2) is 0 Å². The minimum atomic E-state index is -2.31. The predicted octanol–water partition coefficient (Wildman–Crippen LogP) is 2.44. The van der Waals surface area contributed by atoms with Crippen LogP contribution in [0.25, 0.3) is 0 Å². The maximum Gasteiger partial charge on any atom is 0.250 e. The van der Waals surface area contributed by atoms with Crippen molar-refractivity contribution in [2.24, 2.45) is 5.92 Å². The van der Waals surface area contributed by atoms with Crippen LogP contribution in [0.15, 0.2) is 0 Å². The molecule has 1 atom stereocenters. The molecule has 1 fully saturated rings. The van der Waals surface area contributed by atoms with Crippen molar-refractivity contribution in [1.29, 1.82) is 0 Å². The smallest absolute Gasteiger partial charge is 0.207 e. The van der Waals surface area contributed by atoms with Crippen LogP contribution in [0.3, 0.4) is 0 Å². The van der Waals surface area contributed by atoms with Crippen LogP contribution in [0.4, 0.5) is 8.78 Å². The van der Waals surface area contributed by atoms with Gasteiger partial charge in [-0.1, -0.05) is 6.92 Å². The molecule has 0 heterocycles. The monoisotopic (exact) mass is 120 g/mol. The Morgan fingerprint density at radius 2 is 2.25 bits per heavy atom. The van der Waals surface area contributed by atoms with Crippen LogP contribution in [0.1, 0.15) is 26.2 Å². The van der Waals surface area contributed by atoms with E-state index in [1.165, 1.54) is 0 Å². The molecule has 0 nitrogen and oxygen atoms in total. The van der Waals surface area contributed by atoms with E-state index >= 15 is 0 Å². The van der Waals surface area contributed by atoms with Gasteiger partial charge in [-0.2, -0.15) is 0 Å². The fourth-order valence-electron chi connectivity index (χ4n) is 1.07. The topological polar surface area (TPSA) is 0 Å². The fraction of sp³-hybridized carbons (Fsp3) is 1.00. The molecular weight excluding hydrogens is 110 g/mol. The molecular formula is C6H10F2. The van der Waals surface area contributed by atoms with Gasteiger partial charge in [0.05, 0.1) is 0 Å². The second-order valence-corrected chi connectivity index (χ2v) is 2.40. The first kappa shape index (κ1) is 5.99. The normalized spacial score (nSPS) is 34.1. The van der Waals surface area contributed by atoms with Crippen LogP contribution >= 0.6 is 0 Å². The van der Waals surface area contributed by atoms with E-state index < -0.39 is 5.92 Å². The second-order valence-electron chi connectivity index (χ2n) is 2.40. The zero-order valence-corrected chi connectivity index (χ0v) is 4.95. The van der Waals surface area contributed by atoms with E-state index in [2.05, 4.69) is 0 Å². The average molecular weight is 120 g/mol. The third-order valence-electron chi connectivity index (χ3n) is 1.92. The molecule has 0 unspecified atom stereocenters. The summed E-state index contributed by atoms with van der Waals surface area (Å²) in [6, 6.07) is 0. The summed E-state index contributed by atoms with van der Waals surface area (Å²) >= 11 is 0. The van der Waals surface area contributed by atoms with Crippen molar-refractivity contribution in [1.82, 2.24) is 0 Å². The van der Waals surface area contributed by atoms with E-state index in [1.807, 2.05) is 6.92 Å². The molecule has 0 aromatic rings. The van der Waals surface area contributed by atoms with Gasteiger partial charge in [-0.25, -0.2) is 8.78 Å². The first-order chi connectivity index (χ1) is 3.67.